The Bertz CT molecular complexity index is 530. The highest BCUT2D eigenvalue weighted by atomic mass is 16.3. The molecule has 16 heavy (non-hydrogen) atoms. The zero-order valence-corrected chi connectivity index (χ0v) is 9.19. The molecule has 2 heterocycles. The molecule has 1 atom stereocenters. The van der Waals surface area contributed by atoms with Crippen LogP contribution in [0.15, 0.2) is 24.4 Å². The van der Waals surface area contributed by atoms with Gasteiger partial charge < -0.3 is 15.4 Å². The van der Waals surface area contributed by atoms with Crippen LogP contribution in [0.1, 0.15) is 23.7 Å². The Morgan fingerprint density at radius 2 is 2.31 bits per heavy atom. The molecule has 3 rings (SSSR count). The van der Waals surface area contributed by atoms with Gasteiger partial charge >= 0.3 is 0 Å². The van der Waals surface area contributed by atoms with E-state index in [0.717, 1.165) is 23.9 Å². The van der Waals surface area contributed by atoms with Gasteiger partial charge in [-0.05, 0) is 18.4 Å². The van der Waals surface area contributed by atoms with Crippen molar-refractivity contribution in [3.63, 3.8) is 0 Å². The van der Waals surface area contributed by atoms with Crippen LogP contribution in [0.2, 0.25) is 0 Å². The molecule has 0 fully saturated rings. The van der Waals surface area contributed by atoms with Gasteiger partial charge in [-0.3, -0.25) is 0 Å². The Kier molecular flexibility index (Phi) is 2.23. The van der Waals surface area contributed by atoms with E-state index in [2.05, 4.69) is 29.0 Å². The van der Waals surface area contributed by atoms with Gasteiger partial charge in [-0.15, -0.1) is 0 Å². The predicted molar refractivity (Wildman–Crippen MR) is 64.3 cm³/mol. The highest BCUT2D eigenvalue weighted by Crippen LogP contribution is 2.31. The zero-order valence-electron chi connectivity index (χ0n) is 9.19. The number of nitrogens with zero attached hydrogens (tertiary/aromatic N) is 1. The second-order valence-electron chi connectivity index (χ2n) is 4.45. The Labute approximate surface area is 94.5 Å². The third kappa shape index (κ3) is 1.29. The topological polar surface area (TPSA) is 51.2 Å². The van der Waals surface area contributed by atoms with Crippen molar-refractivity contribution in [1.82, 2.24) is 4.57 Å². The predicted octanol–water partition coefficient (Wildman–Crippen LogP) is 1.58. The van der Waals surface area contributed by atoms with Crippen LogP contribution in [0.3, 0.4) is 0 Å². The molecule has 1 aromatic carbocycles. The monoisotopic (exact) mass is 216 g/mol. The number of hydrogen-bond acceptors (Lipinski definition) is 2. The van der Waals surface area contributed by atoms with Gasteiger partial charge in [-0.2, -0.15) is 0 Å². The molecule has 84 valence electrons. The minimum absolute atomic E-state index is 0.281. The summed E-state index contributed by atoms with van der Waals surface area (Å²) in [7, 11) is 0. The highest BCUT2D eigenvalue weighted by molar-refractivity contribution is 5.87. The maximum Gasteiger partial charge on any atom is 0.0932 e. The van der Waals surface area contributed by atoms with Crippen molar-refractivity contribution in [1.29, 1.82) is 0 Å². The number of para-hydroxylation sites is 1. The number of hydrogen-bond donors (Lipinski definition) is 2. The van der Waals surface area contributed by atoms with Crippen LogP contribution in [-0.2, 0) is 13.0 Å². The van der Waals surface area contributed by atoms with E-state index in [1.165, 1.54) is 17.5 Å². The summed E-state index contributed by atoms with van der Waals surface area (Å²) in [6, 6.07) is 6.32. The molecule has 2 aromatic rings. The minimum Gasteiger partial charge on any atom is -0.387 e. The maximum atomic E-state index is 9.91. The summed E-state index contributed by atoms with van der Waals surface area (Å²) in [5.41, 5.74) is 9.19. The molecule has 0 bridgehead atoms. The molecule has 3 nitrogen and oxygen atoms in total. The molecule has 1 aliphatic heterocycles. The molecular formula is C13H16N2O. The molecular weight excluding hydrogens is 200 g/mol. The first-order valence-electron chi connectivity index (χ1n) is 5.80. The molecule has 3 heteroatoms. The maximum absolute atomic E-state index is 9.91. The first kappa shape index (κ1) is 9.87. The fraction of sp³-hybridized carbons (Fsp3) is 0.385. The van der Waals surface area contributed by atoms with Crippen molar-refractivity contribution < 1.29 is 5.11 Å². The van der Waals surface area contributed by atoms with Gasteiger partial charge in [0, 0.05) is 30.2 Å². The van der Waals surface area contributed by atoms with E-state index in [1.807, 2.05) is 0 Å². The lowest BCUT2D eigenvalue weighted by atomic mass is 10.0. The molecule has 0 aliphatic carbocycles. The van der Waals surface area contributed by atoms with E-state index in [1.54, 1.807) is 0 Å². The fourth-order valence-corrected chi connectivity index (χ4v) is 2.68. The van der Waals surface area contributed by atoms with Crippen molar-refractivity contribution in [2.75, 3.05) is 6.54 Å². The lowest BCUT2D eigenvalue weighted by Gasteiger charge is -2.14. The number of aryl methyl sites for hydroxylation is 2. The lowest BCUT2D eigenvalue weighted by molar-refractivity contribution is 0.188. The largest absolute Gasteiger partial charge is 0.387 e. The average molecular weight is 216 g/mol. The van der Waals surface area contributed by atoms with Crippen molar-refractivity contribution in [2.24, 2.45) is 5.73 Å². The summed E-state index contributed by atoms with van der Waals surface area (Å²) in [5.74, 6) is 0. The molecule has 3 N–H and O–H groups in total. The van der Waals surface area contributed by atoms with Crippen LogP contribution >= 0.6 is 0 Å². The Morgan fingerprint density at radius 1 is 1.44 bits per heavy atom. The second-order valence-corrected chi connectivity index (χ2v) is 4.45. The Morgan fingerprint density at radius 3 is 3.12 bits per heavy atom. The first-order valence-corrected chi connectivity index (χ1v) is 5.80. The quantitative estimate of drug-likeness (QED) is 0.800. The zero-order chi connectivity index (χ0) is 11.1. The summed E-state index contributed by atoms with van der Waals surface area (Å²) in [6.45, 7) is 1.33. The summed E-state index contributed by atoms with van der Waals surface area (Å²) >= 11 is 0. The standard InChI is InChI=1S/C13H16N2O/c14-7-12(16)11-8-15-6-2-4-9-3-1-5-10(11)13(9)15/h1,3,5,8,12,16H,2,4,6-7,14H2. The second kappa shape index (κ2) is 3.61. The molecule has 0 amide bonds. The molecule has 1 unspecified atom stereocenters. The fourth-order valence-electron chi connectivity index (χ4n) is 2.68. The van der Waals surface area contributed by atoms with Crippen LogP contribution in [0.5, 0.6) is 0 Å². The number of aliphatic hydroxyl groups is 1. The first-order chi connectivity index (χ1) is 7.81. The summed E-state index contributed by atoms with van der Waals surface area (Å²) in [4.78, 5) is 0. The van der Waals surface area contributed by atoms with Gasteiger partial charge in [0.25, 0.3) is 0 Å². The van der Waals surface area contributed by atoms with Gasteiger partial charge in [0.2, 0.25) is 0 Å². The molecule has 1 aliphatic rings. The van der Waals surface area contributed by atoms with Crippen molar-refractivity contribution in [3.8, 4) is 0 Å². The number of benzene rings is 1. The average Bonchev–Trinajstić information content (AvgIpc) is 2.70. The van der Waals surface area contributed by atoms with Crippen LogP contribution in [0.4, 0.5) is 0 Å². The molecule has 0 saturated heterocycles. The van der Waals surface area contributed by atoms with E-state index in [4.69, 9.17) is 5.73 Å². The Balaban J connectivity index is 2.29. The van der Waals surface area contributed by atoms with E-state index in [9.17, 15) is 5.11 Å². The molecule has 0 radical (unpaired) electrons. The van der Waals surface area contributed by atoms with Crippen molar-refractivity contribution >= 4 is 10.9 Å². The van der Waals surface area contributed by atoms with Crippen LogP contribution in [0.25, 0.3) is 10.9 Å². The van der Waals surface area contributed by atoms with Crippen LogP contribution in [0, 0.1) is 0 Å². The molecule has 1 aromatic heterocycles. The Hall–Kier alpha value is -1.32. The normalized spacial score (nSPS) is 16.6. The number of nitrogens with two attached hydrogens (primary N) is 1. The van der Waals surface area contributed by atoms with Crippen molar-refractivity contribution in [3.05, 3.63) is 35.5 Å². The van der Waals surface area contributed by atoms with Gasteiger partial charge in [0.1, 0.15) is 0 Å². The highest BCUT2D eigenvalue weighted by Gasteiger charge is 2.18. The van der Waals surface area contributed by atoms with E-state index >= 15 is 0 Å². The van der Waals surface area contributed by atoms with Gasteiger partial charge in [-0.25, -0.2) is 0 Å². The van der Waals surface area contributed by atoms with Crippen LogP contribution in [-0.4, -0.2) is 16.2 Å². The third-order valence-corrected chi connectivity index (χ3v) is 3.44. The minimum atomic E-state index is -0.544. The summed E-state index contributed by atoms with van der Waals surface area (Å²) < 4.78 is 2.25. The van der Waals surface area contributed by atoms with Gasteiger partial charge in [-0.1, -0.05) is 18.2 Å². The third-order valence-electron chi connectivity index (χ3n) is 3.44. The number of aromatic nitrogens is 1. The number of rotatable bonds is 2. The van der Waals surface area contributed by atoms with Gasteiger partial charge in [0.05, 0.1) is 11.6 Å². The van der Waals surface area contributed by atoms with E-state index in [-0.39, 0.29) is 6.54 Å². The van der Waals surface area contributed by atoms with E-state index in [0.29, 0.717) is 0 Å². The molecule has 0 saturated carbocycles. The lowest BCUT2D eigenvalue weighted by Crippen LogP contribution is -2.11. The van der Waals surface area contributed by atoms with Crippen molar-refractivity contribution in [2.45, 2.75) is 25.5 Å². The molecule has 0 spiro atoms. The summed E-state index contributed by atoms with van der Waals surface area (Å²) in [6.07, 6.45) is 3.83. The smallest absolute Gasteiger partial charge is 0.0932 e. The number of aliphatic hydroxyl groups excluding tert-OH is 1. The van der Waals surface area contributed by atoms with E-state index < -0.39 is 6.10 Å². The SMILES string of the molecule is NCC(O)c1cn2c3c(cccc13)CCC2. The van der Waals surface area contributed by atoms with Crippen LogP contribution < -0.4 is 5.73 Å². The van der Waals surface area contributed by atoms with Gasteiger partial charge in [0.15, 0.2) is 0 Å². The summed E-state index contributed by atoms with van der Waals surface area (Å²) in [5, 5.41) is 11.1.